The summed E-state index contributed by atoms with van der Waals surface area (Å²) < 4.78 is 5.69. The molecule has 2 atom stereocenters. The molecule has 4 rings (SSSR count). The summed E-state index contributed by atoms with van der Waals surface area (Å²) in [5.41, 5.74) is 2.17. The Hall–Kier alpha value is -2.67. The van der Waals surface area contributed by atoms with Gasteiger partial charge < -0.3 is 14.7 Å². The number of rotatable bonds is 4. The Balaban J connectivity index is 1.51. The van der Waals surface area contributed by atoms with Crippen LogP contribution in [0.5, 0.6) is 5.88 Å². The van der Waals surface area contributed by atoms with E-state index in [0.29, 0.717) is 12.5 Å². The van der Waals surface area contributed by atoms with Gasteiger partial charge in [-0.15, -0.1) is 0 Å². The molecule has 2 heterocycles. The molecule has 1 N–H and O–H groups in total. The van der Waals surface area contributed by atoms with Gasteiger partial charge in [-0.25, -0.2) is 9.97 Å². The number of halogens is 1. The molecule has 31 heavy (non-hydrogen) atoms. The van der Waals surface area contributed by atoms with E-state index < -0.39 is 5.97 Å². The minimum Gasteiger partial charge on any atom is -0.481 e. The van der Waals surface area contributed by atoms with E-state index >= 15 is 0 Å². The van der Waals surface area contributed by atoms with E-state index in [1.54, 1.807) is 11.8 Å². The Bertz CT molecular complexity index is 973. The van der Waals surface area contributed by atoms with Gasteiger partial charge in [0.05, 0.1) is 12.0 Å². The second-order valence-electron chi connectivity index (χ2n) is 8.51. The topological polar surface area (TPSA) is 92.6 Å². The van der Waals surface area contributed by atoms with Crippen molar-refractivity contribution in [3.05, 3.63) is 46.9 Å². The van der Waals surface area contributed by atoms with Gasteiger partial charge in [0.15, 0.2) is 0 Å². The van der Waals surface area contributed by atoms with Gasteiger partial charge in [-0.3, -0.25) is 9.59 Å². The molecule has 1 fully saturated rings. The summed E-state index contributed by atoms with van der Waals surface area (Å²) in [4.78, 5) is 34.2. The van der Waals surface area contributed by atoms with Gasteiger partial charge in [0.2, 0.25) is 5.88 Å². The third kappa shape index (κ3) is 4.24. The Morgan fingerprint density at radius 3 is 2.52 bits per heavy atom. The summed E-state index contributed by atoms with van der Waals surface area (Å²) >= 11 is 6.17. The number of carbonyl (C=O) groups is 2. The maximum Gasteiger partial charge on any atom is 0.306 e. The molecule has 1 aromatic heterocycles. The van der Waals surface area contributed by atoms with Gasteiger partial charge in [-0.05, 0) is 62.1 Å². The van der Waals surface area contributed by atoms with Crippen molar-refractivity contribution in [2.75, 3.05) is 11.5 Å². The number of hydrogen-bond acceptors (Lipinski definition) is 5. The second-order valence-corrected chi connectivity index (χ2v) is 8.87. The molecule has 1 aliphatic carbocycles. The molecule has 1 unspecified atom stereocenters. The molecule has 0 spiro atoms. The van der Waals surface area contributed by atoms with Crippen LogP contribution >= 0.6 is 11.6 Å². The molecule has 2 aromatic rings. The smallest absolute Gasteiger partial charge is 0.306 e. The molecule has 1 amide bonds. The van der Waals surface area contributed by atoms with Crippen molar-refractivity contribution in [2.24, 2.45) is 11.8 Å². The minimum absolute atomic E-state index is 0.0815. The molecule has 0 saturated heterocycles. The zero-order chi connectivity index (χ0) is 22.1. The maximum atomic E-state index is 13.2. The number of anilines is 1. The van der Waals surface area contributed by atoms with Crippen LogP contribution < -0.4 is 9.64 Å². The van der Waals surface area contributed by atoms with Crippen LogP contribution in [0.15, 0.2) is 30.6 Å². The number of ether oxygens (including phenoxy) is 1. The Morgan fingerprint density at radius 1 is 1.19 bits per heavy atom. The molecule has 1 aromatic carbocycles. The predicted octanol–water partition coefficient (Wildman–Crippen LogP) is 4.55. The number of nitrogens with zero attached hydrogens (tertiary/aromatic N) is 3. The number of carbonyl (C=O) groups excluding carboxylic acids is 1. The summed E-state index contributed by atoms with van der Waals surface area (Å²) in [5.74, 6) is -0.407. The summed E-state index contributed by atoms with van der Waals surface area (Å²) in [7, 11) is 0. The monoisotopic (exact) mass is 443 g/mol. The van der Waals surface area contributed by atoms with E-state index in [9.17, 15) is 14.7 Å². The molecule has 7 nitrogen and oxygen atoms in total. The van der Waals surface area contributed by atoms with Crippen LogP contribution in [0.1, 0.15) is 61.4 Å². The molecule has 8 heteroatoms. The van der Waals surface area contributed by atoms with E-state index in [0.717, 1.165) is 31.4 Å². The lowest BCUT2D eigenvalue weighted by Crippen LogP contribution is -2.40. The lowest BCUT2D eigenvalue weighted by molar-refractivity contribution is -0.143. The summed E-state index contributed by atoms with van der Waals surface area (Å²) in [5, 5.41) is 9.34. The van der Waals surface area contributed by atoms with Crippen LogP contribution in [0.25, 0.3) is 0 Å². The van der Waals surface area contributed by atoms with Gasteiger partial charge in [-0.2, -0.15) is 0 Å². The number of aliphatic carboxylic acids is 1. The van der Waals surface area contributed by atoms with E-state index in [4.69, 9.17) is 16.3 Å². The highest BCUT2D eigenvalue weighted by Crippen LogP contribution is 2.39. The quantitative estimate of drug-likeness (QED) is 0.696. The standard InChI is InChI=1S/C23H26ClN3O4/c1-13-11-31-21-19(20(24)25-12-26-21)22(28)27(13)18-9-7-17(8-10-18)16-5-3-15(4-6-16)14(2)23(29)30/h7-10,12-16H,3-6,11H2,1-2H3,(H,29,30)/t13-,14?,15?,16?/m0/s1. The number of carboxylic acids is 1. The molecule has 0 bridgehead atoms. The van der Waals surface area contributed by atoms with Crippen LogP contribution in [0.3, 0.4) is 0 Å². The van der Waals surface area contributed by atoms with Gasteiger partial charge in [0, 0.05) is 5.69 Å². The second kappa shape index (κ2) is 8.83. The molecule has 164 valence electrons. The number of fused-ring (bicyclic) bond motifs is 1. The van der Waals surface area contributed by atoms with Crippen molar-refractivity contribution in [3.8, 4) is 5.88 Å². The molecular weight excluding hydrogens is 418 g/mol. The third-order valence-corrected chi connectivity index (χ3v) is 6.90. The Morgan fingerprint density at radius 2 is 1.87 bits per heavy atom. The zero-order valence-electron chi connectivity index (χ0n) is 17.6. The SMILES string of the molecule is CC(C(=O)O)C1CCC(c2ccc(N3C(=O)c4c(Cl)ncnc4OC[C@@H]3C)cc2)CC1. The largest absolute Gasteiger partial charge is 0.481 e. The highest BCUT2D eigenvalue weighted by atomic mass is 35.5. The van der Waals surface area contributed by atoms with Crippen LogP contribution in [-0.4, -0.2) is 39.6 Å². The average molecular weight is 444 g/mol. The molecule has 0 radical (unpaired) electrons. The van der Waals surface area contributed by atoms with Gasteiger partial charge >= 0.3 is 5.97 Å². The first-order valence-electron chi connectivity index (χ1n) is 10.7. The lowest BCUT2D eigenvalue weighted by atomic mass is 9.74. The summed E-state index contributed by atoms with van der Waals surface area (Å²) in [6, 6.07) is 7.85. The van der Waals surface area contributed by atoms with Gasteiger partial charge in [0.1, 0.15) is 23.7 Å². The number of amides is 1. The predicted molar refractivity (Wildman–Crippen MR) is 117 cm³/mol. The Labute approximate surface area is 186 Å². The van der Waals surface area contributed by atoms with Crippen molar-refractivity contribution >= 4 is 29.2 Å². The highest BCUT2D eigenvalue weighted by Gasteiger charge is 2.33. The van der Waals surface area contributed by atoms with E-state index in [-0.39, 0.29) is 40.4 Å². The fourth-order valence-corrected chi connectivity index (χ4v) is 4.87. The fraction of sp³-hybridized carbons (Fsp3) is 0.478. The van der Waals surface area contributed by atoms with Crippen molar-refractivity contribution in [1.82, 2.24) is 9.97 Å². The first-order chi connectivity index (χ1) is 14.9. The zero-order valence-corrected chi connectivity index (χ0v) is 18.4. The van der Waals surface area contributed by atoms with E-state index in [1.165, 1.54) is 11.9 Å². The van der Waals surface area contributed by atoms with Crippen molar-refractivity contribution in [3.63, 3.8) is 0 Å². The van der Waals surface area contributed by atoms with Gasteiger partial charge in [-0.1, -0.05) is 30.7 Å². The number of aromatic nitrogens is 2. The average Bonchev–Trinajstić information content (AvgIpc) is 2.90. The van der Waals surface area contributed by atoms with Crippen LogP contribution in [0, 0.1) is 11.8 Å². The lowest BCUT2D eigenvalue weighted by Gasteiger charge is -2.31. The van der Waals surface area contributed by atoms with Crippen LogP contribution in [0.2, 0.25) is 5.15 Å². The number of benzene rings is 1. The molecule has 2 aliphatic rings. The first-order valence-corrected chi connectivity index (χ1v) is 11.0. The fourth-order valence-electron chi connectivity index (χ4n) is 4.67. The van der Waals surface area contributed by atoms with E-state index in [2.05, 4.69) is 22.1 Å². The highest BCUT2D eigenvalue weighted by molar-refractivity contribution is 6.33. The van der Waals surface area contributed by atoms with Crippen molar-refractivity contribution in [1.29, 1.82) is 0 Å². The normalized spacial score (nSPS) is 24.7. The summed E-state index contributed by atoms with van der Waals surface area (Å²) in [6.07, 6.45) is 5.10. The van der Waals surface area contributed by atoms with Crippen LogP contribution in [0.4, 0.5) is 5.69 Å². The van der Waals surface area contributed by atoms with Crippen molar-refractivity contribution in [2.45, 2.75) is 51.5 Å². The molecule has 1 aliphatic heterocycles. The Kier molecular flexibility index (Phi) is 6.14. The minimum atomic E-state index is -0.708. The van der Waals surface area contributed by atoms with Crippen molar-refractivity contribution < 1.29 is 19.4 Å². The summed E-state index contributed by atoms with van der Waals surface area (Å²) in [6.45, 7) is 4.03. The van der Waals surface area contributed by atoms with E-state index in [1.807, 2.05) is 19.1 Å². The third-order valence-electron chi connectivity index (χ3n) is 6.61. The number of hydrogen-bond donors (Lipinski definition) is 1. The van der Waals surface area contributed by atoms with Crippen LogP contribution in [-0.2, 0) is 4.79 Å². The maximum absolute atomic E-state index is 13.2. The first kappa shape index (κ1) is 21.6. The molecular formula is C23H26ClN3O4. The molecule has 1 saturated carbocycles. The van der Waals surface area contributed by atoms with Gasteiger partial charge in [0.25, 0.3) is 5.91 Å². The number of carboxylic acid groups (broad SMARTS) is 1.